The van der Waals surface area contributed by atoms with Crippen molar-refractivity contribution in [3.8, 4) is 0 Å². The summed E-state index contributed by atoms with van der Waals surface area (Å²) in [6.45, 7) is 5.49. The van der Waals surface area contributed by atoms with Crippen LogP contribution < -0.4 is 4.90 Å². The molecule has 0 radical (unpaired) electrons. The van der Waals surface area contributed by atoms with Crippen LogP contribution in [0.1, 0.15) is 62.4 Å². The highest BCUT2D eigenvalue weighted by molar-refractivity contribution is 6.02. The Morgan fingerprint density at radius 1 is 1.04 bits per heavy atom. The maximum atomic E-state index is 14.8. The van der Waals surface area contributed by atoms with Gasteiger partial charge >= 0.3 is 0 Å². The van der Waals surface area contributed by atoms with E-state index in [2.05, 4.69) is 77.9 Å². The van der Waals surface area contributed by atoms with Gasteiger partial charge in [-0.2, -0.15) is 0 Å². The van der Waals surface area contributed by atoms with Gasteiger partial charge in [-0.1, -0.05) is 36.4 Å². The molecule has 2 N–H and O–H groups in total. The average molecular weight is 651 g/mol. The normalized spacial score (nSPS) is 46.0. The number of amides is 1. The molecule has 48 heavy (non-hydrogen) atoms. The summed E-state index contributed by atoms with van der Waals surface area (Å²) < 4.78 is 17.2. The Hall–Kier alpha value is -2.79. The van der Waals surface area contributed by atoms with E-state index in [0.29, 0.717) is 36.9 Å². The Bertz CT molecular complexity index is 1930. The van der Waals surface area contributed by atoms with Crippen LogP contribution in [0.5, 0.6) is 0 Å². The highest BCUT2D eigenvalue weighted by atomic mass is 16.7. The first-order valence-corrected chi connectivity index (χ1v) is 18.2. The fourth-order valence-electron chi connectivity index (χ4n) is 13.2. The van der Waals surface area contributed by atoms with Crippen LogP contribution in [-0.2, 0) is 33.2 Å². The second-order valence-electron chi connectivity index (χ2n) is 16.9. The van der Waals surface area contributed by atoms with Gasteiger partial charge in [-0.15, -0.1) is 0 Å². The van der Waals surface area contributed by atoms with Gasteiger partial charge in [-0.05, 0) is 88.7 Å². The van der Waals surface area contributed by atoms with E-state index in [9.17, 15) is 15.0 Å². The molecule has 8 aliphatic heterocycles. The van der Waals surface area contributed by atoms with Crippen LogP contribution in [0.2, 0.25) is 0 Å². The molecule has 6 fully saturated rings. The summed E-state index contributed by atoms with van der Waals surface area (Å²) in [6, 6.07) is 18.0. The summed E-state index contributed by atoms with van der Waals surface area (Å²) in [5.74, 6) is -0.691. The van der Waals surface area contributed by atoms with Gasteiger partial charge in [0.2, 0.25) is 5.91 Å². The monoisotopic (exact) mass is 650 g/mol. The van der Waals surface area contributed by atoms with E-state index in [1.54, 1.807) is 6.92 Å². The molecule has 6 saturated heterocycles. The van der Waals surface area contributed by atoms with Crippen LogP contribution in [-0.4, -0.2) is 92.5 Å². The molecule has 8 aliphatic rings. The first-order valence-electron chi connectivity index (χ1n) is 18.2. The Morgan fingerprint density at radius 2 is 1.83 bits per heavy atom. The number of aryl methyl sites for hydroxylation is 1. The van der Waals surface area contributed by atoms with E-state index < -0.39 is 29.1 Å². The van der Waals surface area contributed by atoms with Crippen molar-refractivity contribution in [3.63, 3.8) is 0 Å². The molecule has 0 saturated carbocycles. The molecule has 1 aromatic heterocycles. The molecule has 252 valence electrons. The molecule has 1 amide bonds. The number of rotatable bonds is 1. The third-order valence-electron chi connectivity index (χ3n) is 15.4. The predicted octanol–water partition coefficient (Wildman–Crippen LogP) is 3.70. The summed E-state index contributed by atoms with van der Waals surface area (Å²) in [5, 5.41) is 24.2. The molecular formula is C39H46N4O5. The number of aliphatic hydroxyl groups is 2. The van der Waals surface area contributed by atoms with Crippen LogP contribution in [0.25, 0.3) is 10.9 Å². The molecule has 9 heteroatoms. The zero-order chi connectivity index (χ0) is 32.7. The molecule has 4 bridgehead atoms. The number of para-hydroxylation sites is 2. The van der Waals surface area contributed by atoms with E-state index in [1.807, 2.05) is 11.0 Å². The van der Waals surface area contributed by atoms with E-state index in [-0.39, 0.29) is 29.8 Å². The van der Waals surface area contributed by atoms with Gasteiger partial charge in [0.05, 0.1) is 36.4 Å². The first kappa shape index (κ1) is 29.0. The Balaban J connectivity index is 1.05. The molecule has 11 rings (SSSR count). The summed E-state index contributed by atoms with van der Waals surface area (Å²) in [5.41, 5.74) is 3.61. The lowest BCUT2D eigenvalue weighted by Gasteiger charge is -2.72. The average Bonchev–Trinajstić information content (AvgIpc) is 3.49. The number of carbonyl (C=O) groups excluding carboxylic acids is 1. The van der Waals surface area contributed by atoms with Gasteiger partial charge in [0.15, 0.2) is 11.5 Å². The van der Waals surface area contributed by atoms with Crippen LogP contribution in [0, 0.1) is 23.7 Å². The lowest BCUT2D eigenvalue weighted by molar-refractivity contribution is -0.401. The molecule has 9 nitrogen and oxygen atoms in total. The number of nitrogens with zero attached hydrogens (tertiary/aromatic N) is 4. The molecule has 3 aromatic rings. The van der Waals surface area contributed by atoms with E-state index in [0.717, 1.165) is 37.9 Å². The maximum absolute atomic E-state index is 14.8. The number of fused-ring (bicyclic) bond motifs is 13. The van der Waals surface area contributed by atoms with Crippen LogP contribution in [0.4, 0.5) is 5.69 Å². The van der Waals surface area contributed by atoms with Crippen molar-refractivity contribution in [1.82, 2.24) is 14.4 Å². The molecule has 1 spiro atoms. The van der Waals surface area contributed by atoms with Gasteiger partial charge in [0, 0.05) is 53.5 Å². The van der Waals surface area contributed by atoms with Crippen molar-refractivity contribution in [3.05, 3.63) is 65.4 Å². The number of benzene rings is 2. The summed E-state index contributed by atoms with van der Waals surface area (Å²) in [6.07, 6.45) is 3.28. The number of aromatic nitrogens is 1. The van der Waals surface area contributed by atoms with Crippen LogP contribution in [0.15, 0.2) is 48.5 Å². The molecule has 0 aliphatic carbocycles. The number of anilines is 1. The SMILES string of the molecule is C[C@H](O)[C@@]1(O)CN2CC[C@@]34C[C@H]5[C@@H]6C[C@H]7c8c(c9ccccc9n8C)C[C@@H]([C@@H]6CO[C@@]5(C)O[C@@]35[C@@H]2C[C@@H]1C(=O)N5c1ccccc14)N7C. The highest BCUT2D eigenvalue weighted by Gasteiger charge is 2.81. The lowest BCUT2D eigenvalue weighted by Crippen LogP contribution is -2.86. The number of likely N-dealkylation sites (N-methyl/N-ethyl adjacent to an activating group) is 1. The largest absolute Gasteiger partial charge is 0.390 e. The fourth-order valence-corrected chi connectivity index (χ4v) is 13.2. The second kappa shape index (κ2) is 8.92. The quantitative estimate of drug-likeness (QED) is 0.416. The highest BCUT2D eigenvalue weighted by Crippen LogP contribution is 2.71. The Labute approximate surface area is 281 Å². The van der Waals surface area contributed by atoms with E-state index >= 15 is 0 Å². The van der Waals surface area contributed by atoms with Crippen LogP contribution in [0.3, 0.4) is 0 Å². The first-order chi connectivity index (χ1) is 23.0. The van der Waals surface area contributed by atoms with E-state index in [4.69, 9.17) is 9.47 Å². The fraction of sp³-hybridized carbons (Fsp3) is 0.615. The number of aliphatic hydroxyl groups excluding tert-OH is 1. The van der Waals surface area contributed by atoms with Crippen molar-refractivity contribution in [2.24, 2.45) is 30.7 Å². The van der Waals surface area contributed by atoms with Crippen LogP contribution >= 0.6 is 0 Å². The van der Waals surface area contributed by atoms with Gasteiger partial charge in [-0.3, -0.25) is 19.5 Å². The Morgan fingerprint density at radius 3 is 2.67 bits per heavy atom. The molecule has 12 atom stereocenters. The Kier molecular flexibility index (Phi) is 5.39. The third kappa shape index (κ3) is 3.00. The predicted molar refractivity (Wildman–Crippen MR) is 179 cm³/mol. The summed E-state index contributed by atoms with van der Waals surface area (Å²) in [4.78, 5) is 21.7. The standard InChI is InChI=1S/C39H46N4O5/c1-21(44)38(46)20-42-14-13-37-18-28-23-15-32-34-24(22-9-5-7-11-29(22)41(34)4)16-31(40(32)3)25(23)19-47-36(28,2)48-39(37)33(42)17-27(38)35(45)43(39)30-12-8-6-10-26(30)37/h5-12,21,23,25,27-28,31-33,44,46H,13-20H2,1-4H3/t21-,23+,25+,27+,28-,31-,32-,33-,36-,37-,38-,39-/m0/s1. The minimum Gasteiger partial charge on any atom is -0.390 e. The zero-order valence-corrected chi connectivity index (χ0v) is 28.3. The summed E-state index contributed by atoms with van der Waals surface area (Å²) >= 11 is 0. The number of hydrogen-bond acceptors (Lipinski definition) is 7. The van der Waals surface area contributed by atoms with Crippen molar-refractivity contribution >= 4 is 22.5 Å². The molecule has 0 unspecified atom stereocenters. The molecular weight excluding hydrogens is 604 g/mol. The van der Waals surface area contributed by atoms with Gasteiger partial charge in [0.1, 0.15) is 5.60 Å². The van der Waals surface area contributed by atoms with Gasteiger partial charge in [-0.25, -0.2) is 0 Å². The third-order valence-corrected chi connectivity index (χ3v) is 15.4. The van der Waals surface area contributed by atoms with Crippen molar-refractivity contribution in [2.75, 3.05) is 31.6 Å². The summed E-state index contributed by atoms with van der Waals surface area (Å²) in [7, 11) is 4.57. The topological polar surface area (TPSA) is 90.6 Å². The van der Waals surface area contributed by atoms with Crippen molar-refractivity contribution in [2.45, 2.75) is 92.7 Å². The number of ether oxygens (including phenoxy) is 2. The second-order valence-corrected chi connectivity index (χ2v) is 16.9. The van der Waals surface area contributed by atoms with Gasteiger partial charge < -0.3 is 24.3 Å². The number of hydrogen-bond donors (Lipinski definition) is 2. The number of carbonyl (C=O) groups is 1. The van der Waals surface area contributed by atoms with Gasteiger partial charge in [0.25, 0.3) is 0 Å². The van der Waals surface area contributed by atoms with Crippen molar-refractivity contribution in [1.29, 1.82) is 0 Å². The molecule has 2 aromatic carbocycles. The minimum atomic E-state index is -1.51. The van der Waals surface area contributed by atoms with Crippen molar-refractivity contribution < 1.29 is 24.5 Å². The smallest absolute Gasteiger partial charge is 0.235 e. The number of piperidine rings is 4. The maximum Gasteiger partial charge on any atom is 0.235 e. The van der Waals surface area contributed by atoms with E-state index in [1.165, 1.54) is 27.7 Å². The lowest BCUT2D eigenvalue weighted by atomic mass is 9.52. The zero-order valence-electron chi connectivity index (χ0n) is 28.3. The minimum absolute atomic E-state index is 0.102. The molecule has 9 heterocycles.